The summed E-state index contributed by atoms with van der Waals surface area (Å²) in [4.78, 5) is 4.40. The lowest BCUT2D eigenvalue weighted by molar-refractivity contribution is 0.590. The number of imidazole rings is 1. The topological polar surface area (TPSA) is 29.9 Å². The third-order valence-electron chi connectivity index (χ3n) is 2.92. The molecule has 18 heavy (non-hydrogen) atoms. The largest absolute Gasteiger partial charge is 0.334 e. The number of aromatic nitrogens is 2. The van der Waals surface area contributed by atoms with Crippen LogP contribution in [0.4, 0.5) is 0 Å². The van der Waals surface area contributed by atoms with Crippen LogP contribution in [0.25, 0.3) is 0 Å². The average molecular weight is 284 g/mol. The van der Waals surface area contributed by atoms with Gasteiger partial charge in [0.15, 0.2) is 0 Å². The molecule has 0 fully saturated rings. The first-order chi connectivity index (χ1) is 8.69. The number of aryl methyl sites for hydroxylation is 1. The van der Waals surface area contributed by atoms with Gasteiger partial charge in [0.05, 0.1) is 6.04 Å². The Morgan fingerprint density at radius 2 is 2.00 bits per heavy atom. The zero-order chi connectivity index (χ0) is 13.1. The van der Waals surface area contributed by atoms with E-state index in [4.69, 9.17) is 23.2 Å². The highest BCUT2D eigenvalue weighted by atomic mass is 35.5. The molecule has 0 spiro atoms. The van der Waals surface area contributed by atoms with E-state index in [2.05, 4.69) is 21.8 Å². The van der Waals surface area contributed by atoms with Crippen molar-refractivity contribution < 1.29 is 0 Å². The molecule has 0 saturated heterocycles. The number of rotatable bonds is 4. The third-order valence-corrected chi connectivity index (χ3v) is 3.58. The van der Waals surface area contributed by atoms with Gasteiger partial charge in [-0.2, -0.15) is 0 Å². The van der Waals surface area contributed by atoms with Gasteiger partial charge in [0.2, 0.25) is 0 Å². The van der Waals surface area contributed by atoms with Gasteiger partial charge in [-0.15, -0.1) is 0 Å². The van der Waals surface area contributed by atoms with E-state index in [0.717, 1.165) is 17.9 Å². The summed E-state index contributed by atoms with van der Waals surface area (Å²) >= 11 is 12.5. The summed E-state index contributed by atoms with van der Waals surface area (Å²) < 4.78 is 2.07. The van der Waals surface area contributed by atoms with Crippen molar-refractivity contribution in [3.05, 3.63) is 52.0 Å². The van der Waals surface area contributed by atoms with Crippen LogP contribution in [0.15, 0.2) is 30.6 Å². The van der Waals surface area contributed by atoms with E-state index in [1.54, 1.807) is 6.20 Å². The van der Waals surface area contributed by atoms with Gasteiger partial charge in [0.1, 0.15) is 5.82 Å². The molecular weight excluding hydrogens is 269 g/mol. The van der Waals surface area contributed by atoms with Crippen molar-refractivity contribution in [1.29, 1.82) is 0 Å². The Kier molecular flexibility index (Phi) is 4.27. The predicted molar refractivity (Wildman–Crippen MR) is 75.3 cm³/mol. The van der Waals surface area contributed by atoms with Gasteiger partial charge in [-0.05, 0) is 26.1 Å². The minimum Gasteiger partial charge on any atom is -0.334 e. The number of hydrogen-bond donors (Lipinski definition) is 1. The molecule has 1 atom stereocenters. The Hall–Kier alpha value is -1.03. The number of nitrogens with zero attached hydrogens (tertiary/aromatic N) is 2. The van der Waals surface area contributed by atoms with E-state index in [9.17, 15) is 0 Å². The van der Waals surface area contributed by atoms with E-state index >= 15 is 0 Å². The predicted octanol–water partition coefficient (Wildman–Crippen LogP) is 3.52. The molecule has 0 radical (unpaired) electrons. The molecule has 3 nitrogen and oxygen atoms in total. The molecule has 0 aliphatic rings. The lowest BCUT2D eigenvalue weighted by Crippen LogP contribution is -2.22. The summed E-state index contributed by atoms with van der Waals surface area (Å²) in [5.41, 5.74) is 0.865. The van der Waals surface area contributed by atoms with Gasteiger partial charge < -0.3 is 9.88 Å². The first-order valence-corrected chi connectivity index (χ1v) is 6.56. The van der Waals surface area contributed by atoms with Gasteiger partial charge in [0.25, 0.3) is 0 Å². The molecule has 0 aliphatic carbocycles. The second kappa shape index (κ2) is 5.74. The molecule has 2 rings (SSSR count). The second-order valence-corrected chi connectivity index (χ2v) is 4.74. The van der Waals surface area contributed by atoms with Crippen LogP contribution in [0.2, 0.25) is 10.0 Å². The molecule has 1 N–H and O–H groups in total. The molecule has 0 amide bonds. The summed E-state index contributed by atoms with van der Waals surface area (Å²) in [5.74, 6) is 0.912. The summed E-state index contributed by atoms with van der Waals surface area (Å²) in [6, 6.07) is 5.41. The van der Waals surface area contributed by atoms with E-state index in [0.29, 0.717) is 10.0 Å². The van der Waals surface area contributed by atoms with E-state index in [1.165, 1.54) is 0 Å². The molecule has 1 aromatic carbocycles. The highest BCUT2D eigenvalue weighted by Gasteiger charge is 2.21. The minimum absolute atomic E-state index is 0.110. The fraction of sp³-hybridized carbons (Fsp3) is 0.308. The first kappa shape index (κ1) is 13.4. The standard InChI is InChI=1S/C13H15Cl2N3/c1-3-18-8-7-17-13(18)12(16-2)11-9(14)5-4-6-10(11)15/h4-8,12,16H,3H2,1-2H3. The highest BCUT2D eigenvalue weighted by molar-refractivity contribution is 6.36. The Bertz CT molecular complexity index is 517. The van der Waals surface area contributed by atoms with Gasteiger partial charge >= 0.3 is 0 Å². The van der Waals surface area contributed by atoms with Crippen molar-refractivity contribution in [3.8, 4) is 0 Å². The molecule has 1 unspecified atom stereocenters. The van der Waals surface area contributed by atoms with E-state index in [1.807, 2.05) is 31.4 Å². The van der Waals surface area contributed by atoms with Gasteiger partial charge in [-0.25, -0.2) is 4.98 Å². The van der Waals surface area contributed by atoms with E-state index < -0.39 is 0 Å². The number of hydrogen-bond acceptors (Lipinski definition) is 2. The number of benzene rings is 1. The molecule has 5 heteroatoms. The molecule has 2 aromatic rings. The molecule has 0 saturated carbocycles. The van der Waals surface area contributed by atoms with Crippen LogP contribution in [-0.4, -0.2) is 16.6 Å². The van der Waals surface area contributed by atoms with E-state index in [-0.39, 0.29) is 6.04 Å². The Morgan fingerprint density at radius 1 is 1.33 bits per heavy atom. The number of nitrogens with one attached hydrogen (secondary N) is 1. The second-order valence-electron chi connectivity index (χ2n) is 3.93. The summed E-state index contributed by atoms with van der Waals surface area (Å²) in [7, 11) is 1.87. The average Bonchev–Trinajstić information content (AvgIpc) is 2.82. The lowest BCUT2D eigenvalue weighted by Gasteiger charge is -2.19. The SMILES string of the molecule is CCn1ccnc1C(NC)c1c(Cl)cccc1Cl. The Morgan fingerprint density at radius 3 is 2.56 bits per heavy atom. The smallest absolute Gasteiger partial charge is 0.130 e. The van der Waals surface area contributed by atoms with Gasteiger partial charge in [0, 0.05) is 34.5 Å². The van der Waals surface area contributed by atoms with Crippen molar-refractivity contribution in [2.75, 3.05) is 7.05 Å². The van der Waals surface area contributed by atoms with Crippen LogP contribution < -0.4 is 5.32 Å². The molecule has 1 heterocycles. The van der Waals surface area contributed by atoms with Crippen molar-refractivity contribution in [3.63, 3.8) is 0 Å². The highest BCUT2D eigenvalue weighted by Crippen LogP contribution is 2.33. The Labute approximate surface area is 117 Å². The maximum Gasteiger partial charge on any atom is 0.130 e. The van der Waals surface area contributed by atoms with Crippen molar-refractivity contribution in [2.24, 2.45) is 0 Å². The van der Waals surface area contributed by atoms with Crippen molar-refractivity contribution in [1.82, 2.24) is 14.9 Å². The fourth-order valence-electron chi connectivity index (χ4n) is 2.04. The maximum atomic E-state index is 6.25. The molecular formula is C13H15Cl2N3. The summed E-state index contributed by atoms with van der Waals surface area (Å²) in [6.07, 6.45) is 3.73. The van der Waals surface area contributed by atoms with Crippen LogP contribution in [0, 0.1) is 0 Å². The minimum atomic E-state index is -0.110. The number of halogens is 2. The first-order valence-electron chi connectivity index (χ1n) is 5.81. The van der Waals surface area contributed by atoms with Crippen molar-refractivity contribution in [2.45, 2.75) is 19.5 Å². The van der Waals surface area contributed by atoms with Gasteiger partial charge in [-0.3, -0.25) is 0 Å². The lowest BCUT2D eigenvalue weighted by atomic mass is 10.1. The van der Waals surface area contributed by atoms with Crippen LogP contribution >= 0.6 is 23.2 Å². The van der Waals surface area contributed by atoms with Crippen LogP contribution in [0.5, 0.6) is 0 Å². The zero-order valence-electron chi connectivity index (χ0n) is 10.3. The van der Waals surface area contributed by atoms with Crippen molar-refractivity contribution >= 4 is 23.2 Å². The molecule has 1 aromatic heterocycles. The summed E-state index contributed by atoms with van der Waals surface area (Å²) in [6.45, 7) is 2.93. The van der Waals surface area contributed by atoms with Crippen LogP contribution in [0.3, 0.4) is 0 Å². The Balaban J connectivity index is 2.52. The molecule has 0 aliphatic heterocycles. The summed E-state index contributed by atoms with van der Waals surface area (Å²) in [5, 5.41) is 4.52. The van der Waals surface area contributed by atoms with Crippen LogP contribution in [-0.2, 0) is 6.54 Å². The monoisotopic (exact) mass is 283 g/mol. The molecule has 96 valence electrons. The zero-order valence-corrected chi connectivity index (χ0v) is 11.8. The fourth-order valence-corrected chi connectivity index (χ4v) is 2.65. The quantitative estimate of drug-likeness (QED) is 0.931. The third kappa shape index (κ3) is 2.39. The normalized spacial score (nSPS) is 12.7. The van der Waals surface area contributed by atoms with Crippen LogP contribution in [0.1, 0.15) is 24.4 Å². The van der Waals surface area contributed by atoms with Gasteiger partial charge in [-0.1, -0.05) is 29.3 Å². The maximum absolute atomic E-state index is 6.25. The molecule has 0 bridgehead atoms.